The van der Waals surface area contributed by atoms with E-state index in [0.717, 1.165) is 116 Å². The third kappa shape index (κ3) is 57.1. The fourth-order valence-electron chi connectivity index (χ4n) is 8.22. The normalized spacial score (nSPS) is 14.8. The van der Waals surface area contributed by atoms with Crippen molar-refractivity contribution in [3.05, 3.63) is 48.6 Å². The van der Waals surface area contributed by atoms with Crippen LogP contribution in [0, 0.1) is 0 Å². The van der Waals surface area contributed by atoms with Gasteiger partial charge in [-0.05, 0) is 83.5 Å². The smallest absolute Gasteiger partial charge is 0.463 e. The topological polar surface area (TPSA) is 231 Å². The molecule has 0 aliphatic heterocycles. The highest BCUT2D eigenvalue weighted by atomic mass is 31.2. The summed E-state index contributed by atoms with van der Waals surface area (Å²) in [6, 6.07) is 0. The van der Waals surface area contributed by atoms with E-state index in [9.17, 15) is 43.5 Å². The Hall–Kier alpha value is -2.49. The Kier molecular flexibility index (Phi) is 54.2. The quantitative estimate of drug-likeness (QED) is 0.0146. The Bertz CT molecular complexity index is 1650. The lowest BCUT2D eigenvalue weighted by molar-refractivity contribution is -0.161. The second-order valence-corrected chi connectivity index (χ2v) is 23.8. The molecule has 5 unspecified atom stereocenters. The molecule has 0 radical (unpaired) electrons. The van der Waals surface area contributed by atoms with E-state index in [1.54, 1.807) is 0 Å². The maximum atomic E-state index is 12.9. The first-order chi connectivity index (χ1) is 38.2. The van der Waals surface area contributed by atoms with Gasteiger partial charge in [-0.3, -0.25) is 32.5 Å². The molecule has 0 rings (SSSR count). The molecule has 16 nitrogen and oxygen atoms in total. The highest BCUT2D eigenvalue weighted by molar-refractivity contribution is 7.47. The maximum Gasteiger partial charge on any atom is 0.472 e. The summed E-state index contributed by atoms with van der Waals surface area (Å²) < 4.78 is 60.6. The molecule has 0 aromatic rings. The van der Waals surface area contributed by atoms with Crippen LogP contribution in [0.2, 0.25) is 0 Å². The summed E-state index contributed by atoms with van der Waals surface area (Å²) in [5.74, 6) is -1.59. The van der Waals surface area contributed by atoms with E-state index in [0.29, 0.717) is 19.3 Å². The molecule has 462 valence electrons. The lowest BCUT2D eigenvalue weighted by Crippen LogP contribution is -2.30. The van der Waals surface area contributed by atoms with Gasteiger partial charge < -0.3 is 34.2 Å². The first-order valence-electron chi connectivity index (χ1n) is 30.9. The molecule has 0 aromatic heterocycles. The van der Waals surface area contributed by atoms with Crippen molar-refractivity contribution in [3.8, 4) is 0 Å². The molecule has 0 aliphatic carbocycles. The van der Waals surface area contributed by atoms with Gasteiger partial charge in [0.15, 0.2) is 6.10 Å². The standard InChI is InChI=1S/C61H112O16P2/c1-4-7-10-13-16-19-22-25-27-30-32-35-38-41-44-47-59(64)71-50-56(62)51-73-78(67,68)74-52-57(63)53-75-79(69,70)76-55-58(77-61(66)49-46-43-40-37-34-29-24-21-18-15-12-9-6-3)54-72-60(65)48-45-42-39-36-33-31-28-26-23-20-17-14-11-8-5-2/h16-17,19-20,25-28,56-58,62-63H,4-15,18,21-24,29-55H2,1-3H3,(H,67,68)(H,69,70)/b19-16-,20-17-,27-25-,28-26-. The number of hydrogen-bond donors (Lipinski definition) is 4. The second-order valence-electron chi connectivity index (χ2n) is 20.9. The Morgan fingerprint density at radius 3 is 1.01 bits per heavy atom. The molecule has 0 heterocycles. The number of ether oxygens (including phenoxy) is 3. The highest BCUT2D eigenvalue weighted by Gasteiger charge is 2.29. The highest BCUT2D eigenvalue weighted by Crippen LogP contribution is 2.45. The van der Waals surface area contributed by atoms with Crippen LogP contribution in [-0.4, -0.2) is 95.9 Å². The molecule has 0 fully saturated rings. The van der Waals surface area contributed by atoms with Gasteiger partial charge in [0.25, 0.3) is 0 Å². The third-order valence-corrected chi connectivity index (χ3v) is 14.9. The summed E-state index contributed by atoms with van der Waals surface area (Å²) in [6.45, 7) is 2.59. The van der Waals surface area contributed by atoms with E-state index in [1.807, 2.05) is 0 Å². The van der Waals surface area contributed by atoms with E-state index in [4.69, 9.17) is 32.3 Å². The number of carbonyl (C=O) groups excluding carboxylic acids is 3. The molecule has 18 heteroatoms. The van der Waals surface area contributed by atoms with Gasteiger partial charge in [-0.2, -0.15) is 0 Å². The molecule has 0 aromatic carbocycles. The number of allylic oxidation sites excluding steroid dienone is 8. The number of rotatable bonds is 59. The van der Waals surface area contributed by atoms with Crippen LogP contribution >= 0.6 is 15.6 Å². The van der Waals surface area contributed by atoms with Gasteiger partial charge in [0.1, 0.15) is 25.4 Å². The monoisotopic (exact) mass is 1160 g/mol. The van der Waals surface area contributed by atoms with Crippen molar-refractivity contribution in [1.29, 1.82) is 0 Å². The van der Waals surface area contributed by atoms with Gasteiger partial charge in [-0.15, -0.1) is 0 Å². The third-order valence-electron chi connectivity index (χ3n) is 13.0. The molecule has 79 heavy (non-hydrogen) atoms. The molecule has 0 saturated heterocycles. The van der Waals surface area contributed by atoms with Crippen LogP contribution in [0.25, 0.3) is 0 Å². The lowest BCUT2D eigenvalue weighted by Gasteiger charge is -2.21. The van der Waals surface area contributed by atoms with Crippen LogP contribution in [0.4, 0.5) is 0 Å². The predicted molar refractivity (Wildman–Crippen MR) is 316 cm³/mol. The zero-order valence-corrected chi connectivity index (χ0v) is 51.3. The minimum Gasteiger partial charge on any atom is -0.463 e. The SMILES string of the molecule is CCCCC/C=C\C/C=C\CCCCCCCC(=O)OCC(O)COP(=O)(O)OCC(O)COP(=O)(O)OCC(COC(=O)CCCCCCC/C=C\C/C=C\CCCCC)OC(=O)CCCCCCCCCCCCCCC. The number of phosphoric ester groups is 2. The van der Waals surface area contributed by atoms with Gasteiger partial charge >= 0.3 is 33.6 Å². The van der Waals surface area contributed by atoms with Gasteiger partial charge in [-0.25, -0.2) is 9.13 Å². The minimum absolute atomic E-state index is 0.107. The summed E-state index contributed by atoms with van der Waals surface area (Å²) in [6.07, 6.45) is 51.7. The van der Waals surface area contributed by atoms with Crippen LogP contribution in [0.15, 0.2) is 48.6 Å². The van der Waals surface area contributed by atoms with E-state index in [1.165, 1.54) is 89.9 Å². The summed E-state index contributed by atoms with van der Waals surface area (Å²) in [5.41, 5.74) is 0. The van der Waals surface area contributed by atoms with Gasteiger partial charge in [0, 0.05) is 19.3 Å². The van der Waals surface area contributed by atoms with Crippen molar-refractivity contribution >= 4 is 33.6 Å². The Morgan fingerprint density at radius 1 is 0.354 bits per heavy atom. The zero-order valence-electron chi connectivity index (χ0n) is 49.5. The summed E-state index contributed by atoms with van der Waals surface area (Å²) in [4.78, 5) is 58.1. The van der Waals surface area contributed by atoms with Crippen molar-refractivity contribution in [2.75, 3.05) is 39.6 Å². The Balaban J connectivity index is 4.70. The van der Waals surface area contributed by atoms with E-state index in [-0.39, 0.29) is 19.3 Å². The van der Waals surface area contributed by atoms with Crippen LogP contribution < -0.4 is 0 Å². The van der Waals surface area contributed by atoms with E-state index >= 15 is 0 Å². The second kappa shape index (κ2) is 56.0. The number of aliphatic hydroxyl groups is 2. The molecule has 4 N–H and O–H groups in total. The first-order valence-corrected chi connectivity index (χ1v) is 33.9. The number of esters is 3. The lowest BCUT2D eigenvalue weighted by atomic mass is 10.0. The van der Waals surface area contributed by atoms with Crippen molar-refractivity contribution in [3.63, 3.8) is 0 Å². The molecule has 0 aliphatic rings. The fraction of sp³-hybridized carbons (Fsp3) is 0.820. The summed E-state index contributed by atoms with van der Waals surface area (Å²) >= 11 is 0. The average molecular weight is 1160 g/mol. The molecule has 0 amide bonds. The van der Waals surface area contributed by atoms with Crippen molar-refractivity contribution in [2.45, 2.75) is 283 Å². The zero-order chi connectivity index (χ0) is 58.2. The molecule has 0 saturated carbocycles. The van der Waals surface area contributed by atoms with Crippen LogP contribution in [0.5, 0.6) is 0 Å². The van der Waals surface area contributed by atoms with Crippen LogP contribution in [0.3, 0.4) is 0 Å². The Morgan fingerprint density at radius 2 is 0.633 bits per heavy atom. The van der Waals surface area contributed by atoms with E-state index in [2.05, 4.69) is 69.4 Å². The van der Waals surface area contributed by atoms with Crippen LogP contribution in [0.1, 0.15) is 265 Å². The molecular formula is C61H112O16P2. The number of phosphoric acid groups is 2. The predicted octanol–water partition coefficient (Wildman–Crippen LogP) is 16.1. The molecular weight excluding hydrogens is 1050 g/mol. The minimum atomic E-state index is -4.91. The summed E-state index contributed by atoms with van der Waals surface area (Å²) in [7, 11) is -9.75. The molecule has 0 bridgehead atoms. The molecule has 0 spiro atoms. The van der Waals surface area contributed by atoms with Gasteiger partial charge in [0.05, 0.1) is 26.4 Å². The molecule has 5 atom stereocenters. The number of hydrogen-bond acceptors (Lipinski definition) is 14. The fourth-order valence-corrected chi connectivity index (χ4v) is 9.80. The Labute approximate surface area is 478 Å². The largest absolute Gasteiger partial charge is 0.472 e. The number of aliphatic hydroxyl groups excluding tert-OH is 2. The van der Waals surface area contributed by atoms with Gasteiger partial charge in [-0.1, -0.05) is 211 Å². The average Bonchev–Trinajstić information content (AvgIpc) is 3.42. The van der Waals surface area contributed by atoms with Crippen molar-refractivity contribution < 1.29 is 75.8 Å². The summed E-state index contributed by atoms with van der Waals surface area (Å²) in [5, 5.41) is 20.4. The number of unbranched alkanes of at least 4 members (excludes halogenated alkanes) is 28. The van der Waals surface area contributed by atoms with Crippen molar-refractivity contribution in [2.24, 2.45) is 0 Å². The van der Waals surface area contributed by atoms with E-state index < -0.39 is 91.5 Å². The van der Waals surface area contributed by atoms with Crippen molar-refractivity contribution in [1.82, 2.24) is 0 Å². The van der Waals surface area contributed by atoms with Crippen LogP contribution in [-0.2, 0) is 55.8 Å². The maximum absolute atomic E-state index is 12.9. The number of carbonyl (C=O) groups is 3. The van der Waals surface area contributed by atoms with Gasteiger partial charge in [0.2, 0.25) is 0 Å². The first kappa shape index (κ1) is 76.5.